The molecule has 0 spiro atoms. The molecule has 1 aliphatic rings. The Kier molecular flexibility index (Phi) is 5.22. The molecule has 1 N–H and O–H groups in total. The monoisotopic (exact) mass is 379 g/mol. The highest BCUT2D eigenvalue weighted by Crippen LogP contribution is 2.37. The summed E-state index contributed by atoms with van der Waals surface area (Å²) < 4.78 is 42.1. The number of rotatable bonds is 7. The van der Waals surface area contributed by atoms with Crippen molar-refractivity contribution in [3.63, 3.8) is 0 Å². The van der Waals surface area contributed by atoms with Crippen LogP contribution in [0.3, 0.4) is 0 Å². The molecule has 0 saturated carbocycles. The molecule has 1 aromatic heterocycles. The molecule has 0 aliphatic carbocycles. The van der Waals surface area contributed by atoms with Gasteiger partial charge in [-0.05, 0) is 30.2 Å². The molecule has 140 valence electrons. The molecular weight excluding hydrogens is 358 g/mol. The van der Waals surface area contributed by atoms with Gasteiger partial charge in [0, 0.05) is 19.0 Å². The number of hydrogen-bond acceptors (Lipinski definition) is 6. The van der Waals surface area contributed by atoms with E-state index in [-0.39, 0.29) is 35.8 Å². The molecule has 0 radical (unpaired) electrons. The van der Waals surface area contributed by atoms with Crippen molar-refractivity contribution in [2.24, 2.45) is 5.92 Å². The van der Waals surface area contributed by atoms with Crippen LogP contribution in [0, 0.1) is 5.92 Å². The fourth-order valence-electron chi connectivity index (χ4n) is 2.71. The van der Waals surface area contributed by atoms with E-state index in [0.29, 0.717) is 17.9 Å². The second-order valence-electron chi connectivity index (χ2n) is 6.47. The number of sulfone groups is 1. The molecule has 1 aliphatic heterocycles. The normalized spacial score (nSPS) is 14.4. The van der Waals surface area contributed by atoms with Gasteiger partial charge in [-0.1, -0.05) is 13.8 Å². The first-order valence-electron chi connectivity index (χ1n) is 8.31. The Labute approximate surface area is 152 Å². The molecule has 0 bridgehead atoms. The minimum absolute atomic E-state index is 0.0612. The van der Waals surface area contributed by atoms with Gasteiger partial charge in [0.1, 0.15) is 11.0 Å². The summed E-state index contributed by atoms with van der Waals surface area (Å²) in [5.41, 5.74) is 0. The quantitative estimate of drug-likeness (QED) is 0.795. The molecule has 1 aromatic carbocycles. The Morgan fingerprint density at radius 1 is 1.19 bits per heavy atom. The van der Waals surface area contributed by atoms with E-state index in [1.165, 1.54) is 18.4 Å². The SMILES string of the molecule is CC(C)CC(=O)NC[C@H](c1ccco1)S(=O)(=O)c1ccc2c(c1)OCO2. The number of furan rings is 1. The van der Waals surface area contributed by atoms with Crippen LogP contribution in [0.2, 0.25) is 0 Å². The van der Waals surface area contributed by atoms with Crippen LogP contribution in [-0.4, -0.2) is 27.7 Å². The van der Waals surface area contributed by atoms with Crippen molar-refractivity contribution in [3.8, 4) is 11.5 Å². The molecule has 26 heavy (non-hydrogen) atoms. The van der Waals surface area contributed by atoms with Crippen molar-refractivity contribution in [2.75, 3.05) is 13.3 Å². The summed E-state index contributed by atoms with van der Waals surface area (Å²) in [7, 11) is -3.81. The Morgan fingerprint density at radius 3 is 2.65 bits per heavy atom. The number of nitrogens with one attached hydrogen (secondary N) is 1. The highest BCUT2D eigenvalue weighted by Gasteiger charge is 2.33. The Hall–Kier alpha value is -2.48. The molecule has 7 nitrogen and oxygen atoms in total. The molecule has 2 heterocycles. The molecule has 3 rings (SSSR count). The number of carbonyl (C=O) groups is 1. The van der Waals surface area contributed by atoms with Crippen LogP contribution in [0.5, 0.6) is 11.5 Å². The van der Waals surface area contributed by atoms with E-state index in [4.69, 9.17) is 13.9 Å². The van der Waals surface area contributed by atoms with Crippen molar-refractivity contribution in [1.29, 1.82) is 0 Å². The van der Waals surface area contributed by atoms with Gasteiger partial charge in [0.05, 0.1) is 11.2 Å². The third kappa shape index (κ3) is 3.85. The van der Waals surface area contributed by atoms with Gasteiger partial charge in [-0.2, -0.15) is 0 Å². The van der Waals surface area contributed by atoms with Crippen molar-refractivity contribution in [1.82, 2.24) is 5.32 Å². The Morgan fingerprint density at radius 2 is 1.96 bits per heavy atom. The molecule has 1 atom stereocenters. The van der Waals surface area contributed by atoms with E-state index < -0.39 is 15.1 Å². The molecule has 8 heteroatoms. The third-order valence-electron chi connectivity index (χ3n) is 3.99. The van der Waals surface area contributed by atoms with Gasteiger partial charge in [-0.15, -0.1) is 0 Å². The number of ether oxygens (including phenoxy) is 2. The lowest BCUT2D eigenvalue weighted by atomic mass is 10.1. The number of fused-ring (bicyclic) bond motifs is 1. The van der Waals surface area contributed by atoms with E-state index in [2.05, 4.69) is 5.32 Å². The fourth-order valence-corrected chi connectivity index (χ4v) is 4.31. The van der Waals surface area contributed by atoms with Crippen LogP contribution in [0.15, 0.2) is 45.9 Å². The van der Waals surface area contributed by atoms with Crippen molar-refractivity contribution in [3.05, 3.63) is 42.4 Å². The number of hydrogen-bond donors (Lipinski definition) is 1. The molecule has 2 aromatic rings. The van der Waals surface area contributed by atoms with Gasteiger partial charge in [-0.3, -0.25) is 4.79 Å². The predicted octanol–water partition coefficient (Wildman–Crippen LogP) is 2.69. The third-order valence-corrected chi connectivity index (χ3v) is 6.05. The van der Waals surface area contributed by atoms with E-state index in [9.17, 15) is 13.2 Å². The van der Waals surface area contributed by atoms with Crippen molar-refractivity contribution in [2.45, 2.75) is 30.4 Å². The minimum Gasteiger partial charge on any atom is -0.468 e. The lowest BCUT2D eigenvalue weighted by Gasteiger charge is -2.17. The molecule has 0 saturated heterocycles. The average Bonchev–Trinajstić information content (AvgIpc) is 3.25. The van der Waals surface area contributed by atoms with Crippen LogP contribution < -0.4 is 14.8 Å². The first kappa shape index (κ1) is 18.3. The topological polar surface area (TPSA) is 94.8 Å². The van der Waals surface area contributed by atoms with Gasteiger partial charge in [0.25, 0.3) is 0 Å². The van der Waals surface area contributed by atoms with Crippen LogP contribution in [0.1, 0.15) is 31.3 Å². The molecule has 0 fully saturated rings. The maximum atomic E-state index is 13.2. The van der Waals surface area contributed by atoms with Crippen LogP contribution in [0.25, 0.3) is 0 Å². The summed E-state index contributed by atoms with van der Waals surface area (Å²) in [6.07, 6.45) is 1.74. The fraction of sp³-hybridized carbons (Fsp3) is 0.389. The van der Waals surface area contributed by atoms with E-state index in [1.807, 2.05) is 13.8 Å². The summed E-state index contributed by atoms with van der Waals surface area (Å²) in [6, 6.07) is 7.67. The number of benzene rings is 1. The van der Waals surface area contributed by atoms with Crippen LogP contribution in [-0.2, 0) is 14.6 Å². The first-order chi connectivity index (χ1) is 12.4. The smallest absolute Gasteiger partial charge is 0.231 e. The summed E-state index contributed by atoms with van der Waals surface area (Å²) in [5, 5.41) is 1.66. The van der Waals surface area contributed by atoms with Crippen LogP contribution >= 0.6 is 0 Å². The minimum atomic E-state index is -3.81. The zero-order valence-electron chi connectivity index (χ0n) is 14.6. The van der Waals surface area contributed by atoms with Gasteiger partial charge in [0.15, 0.2) is 21.3 Å². The van der Waals surface area contributed by atoms with E-state index >= 15 is 0 Å². The van der Waals surface area contributed by atoms with Crippen molar-refractivity contribution >= 4 is 15.7 Å². The number of amides is 1. The number of carbonyl (C=O) groups excluding carboxylic acids is 1. The van der Waals surface area contributed by atoms with Crippen LogP contribution in [0.4, 0.5) is 0 Å². The average molecular weight is 379 g/mol. The van der Waals surface area contributed by atoms with E-state index in [0.717, 1.165) is 0 Å². The Balaban J connectivity index is 1.87. The summed E-state index contributed by atoms with van der Waals surface area (Å²) in [5.74, 6) is 1.14. The maximum Gasteiger partial charge on any atom is 0.231 e. The molecule has 0 unspecified atom stereocenters. The molecule has 1 amide bonds. The van der Waals surface area contributed by atoms with E-state index in [1.54, 1.807) is 18.2 Å². The highest BCUT2D eigenvalue weighted by molar-refractivity contribution is 7.91. The van der Waals surface area contributed by atoms with Gasteiger partial charge < -0.3 is 19.2 Å². The molecular formula is C18H21NO6S. The van der Waals surface area contributed by atoms with Crippen molar-refractivity contribution < 1.29 is 27.1 Å². The first-order valence-corrected chi connectivity index (χ1v) is 9.86. The largest absolute Gasteiger partial charge is 0.468 e. The lowest BCUT2D eigenvalue weighted by molar-refractivity contribution is -0.121. The zero-order valence-corrected chi connectivity index (χ0v) is 15.4. The summed E-state index contributed by atoms with van der Waals surface area (Å²) in [4.78, 5) is 12.1. The summed E-state index contributed by atoms with van der Waals surface area (Å²) >= 11 is 0. The second-order valence-corrected chi connectivity index (χ2v) is 8.60. The Bertz CT molecular complexity index is 873. The van der Waals surface area contributed by atoms with Gasteiger partial charge in [-0.25, -0.2) is 8.42 Å². The zero-order chi connectivity index (χ0) is 18.7. The predicted molar refractivity (Wildman–Crippen MR) is 93.7 cm³/mol. The van der Waals surface area contributed by atoms with Gasteiger partial charge in [0.2, 0.25) is 12.7 Å². The second kappa shape index (κ2) is 7.41. The standard InChI is InChI=1S/C18H21NO6S/c1-12(2)8-18(20)19-10-17(15-4-3-7-23-15)26(21,22)13-5-6-14-16(9-13)25-11-24-14/h3-7,9,12,17H,8,10-11H2,1-2H3,(H,19,20)/t17-/m1/s1. The van der Waals surface area contributed by atoms with Gasteiger partial charge >= 0.3 is 0 Å². The lowest BCUT2D eigenvalue weighted by Crippen LogP contribution is -2.32. The highest BCUT2D eigenvalue weighted by atomic mass is 32.2. The maximum absolute atomic E-state index is 13.2. The summed E-state index contributed by atoms with van der Waals surface area (Å²) in [6.45, 7) is 3.83.